The number of ether oxygens (including phenoxy) is 2. The van der Waals surface area contributed by atoms with Gasteiger partial charge in [-0.05, 0) is 30.5 Å². The van der Waals surface area contributed by atoms with E-state index in [9.17, 15) is 4.79 Å². The lowest BCUT2D eigenvalue weighted by Gasteiger charge is -2.36. The summed E-state index contributed by atoms with van der Waals surface area (Å²) < 4.78 is 10.6. The summed E-state index contributed by atoms with van der Waals surface area (Å²) in [5.41, 5.74) is 6.61. The second-order valence-electron chi connectivity index (χ2n) is 6.45. The summed E-state index contributed by atoms with van der Waals surface area (Å²) >= 11 is 0. The van der Waals surface area contributed by atoms with Crippen LogP contribution in [0.5, 0.6) is 11.5 Å². The number of methoxy groups -OCH3 is 2. The second kappa shape index (κ2) is 8.94. The van der Waals surface area contributed by atoms with Crippen LogP contribution in [0, 0.1) is 0 Å². The Morgan fingerprint density at radius 1 is 1.04 bits per heavy atom. The quantitative estimate of drug-likeness (QED) is 0.826. The average Bonchev–Trinajstić information content (AvgIpc) is 3.33. The van der Waals surface area contributed by atoms with E-state index >= 15 is 0 Å². The highest BCUT2D eigenvalue weighted by molar-refractivity contribution is 5.89. The summed E-state index contributed by atoms with van der Waals surface area (Å²) in [6.45, 7) is 4.05. The zero-order valence-corrected chi connectivity index (χ0v) is 16.3. The van der Waals surface area contributed by atoms with Crippen LogP contribution in [0.15, 0.2) is 18.2 Å². The van der Waals surface area contributed by atoms with Crippen molar-refractivity contribution in [3.05, 3.63) is 23.8 Å². The molecule has 1 aromatic rings. The summed E-state index contributed by atoms with van der Waals surface area (Å²) in [5.74, 6) is 1.72. The van der Waals surface area contributed by atoms with Crippen LogP contribution in [-0.4, -0.2) is 61.6 Å². The minimum atomic E-state index is -0.553. The lowest BCUT2D eigenvalue weighted by atomic mass is 10.1. The summed E-state index contributed by atoms with van der Waals surface area (Å²) in [7, 11) is 3.31. The third-order valence-corrected chi connectivity index (χ3v) is 4.69. The summed E-state index contributed by atoms with van der Waals surface area (Å²) in [6, 6.07) is 5.93. The number of hydrogen-bond donors (Lipinski definition) is 1. The fraction of sp³-hybridized carbons (Fsp3) is 0.588. The van der Waals surface area contributed by atoms with Gasteiger partial charge in [-0.15, -0.1) is 24.8 Å². The van der Waals surface area contributed by atoms with Crippen LogP contribution >= 0.6 is 24.8 Å². The average molecular weight is 392 g/mol. The molecule has 0 unspecified atom stereocenters. The lowest BCUT2D eigenvalue weighted by molar-refractivity contribution is -0.135. The number of rotatable bonds is 5. The predicted octanol–water partition coefficient (Wildman–Crippen LogP) is 1.68. The van der Waals surface area contributed by atoms with Crippen LogP contribution < -0.4 is 15.2 Å². The Bertz CT molecular complexity index is 566. The highest BCUT2D eigenvalue weighted by Crippen LogP contribution is 2.34. The highest BCUT2D eigenvalue weighted by atomic mass is 35.5. The molecule has 0 aromatic heterocycles. The highest BCUT2D eigenvalue weighted by Gasteiger charge is 2.48. The minimum Gasteiger partial charge on any atom is -0.497 e. The van der Waals surface area contributed by atoms with Crippen molar-refractivity contribution in [2.45, 2.75) is 24.9 Å². The number of hydrogen-bond acceptors (Lipinski definition) is 5. The molecule has 0 bridgehead atoms. The van der Waals surface area contributed by atoms with Gasteiger partial charge in [-0.25, -0.2) is 0 Å². The van der Waals surface area contributed by atoms with Crippen molar-refractivity contribution in [3.8, 4) is 11.5 Å². The van der Waals surface area contributed by atoms with E-state index in [0.29, 0.717) is 0 Å². The maximum atomic E-state index is 12.3. The van der Waals surface area contributed by atoms with Crippen molar-refractivity contribution >= 4 is 30.7 Å². The Morgan fingerprint density at radius 3 is 2.00 bits per heavy atom. The third kappa shape index (κ3) is 5.14. The molecule has 1 amide bonds. The van der Waals surface area contributed by atoms with Crippen LogP contribution in [-0.2, 0) is 11.3 Å². The molecule has 1 aliphatic carbocycles. The van der Waals surface area contributed by atoms with Gasteiger partial charge in [0.25, 0.3) is 0 Å². The molecular formula is C17H27Cl2N3O3. The smallest absolute Gasteiger partial charge is 0.242 e. The Balaban J connectivity index is 0.00000156. The Morgan fingerprint density at radius 2 is 1.56 bits per heavy atom. The first kappa shape index (κ1) is 21.8. The van der Waals surface area contributed by atoms with E-state index in [1.165, 1.54) is 0 Å². The number of nitrogens with two attached hydrogens (primary N) is 1. The normalized spacial score (nSPS) is 18.6. The zero-order valence-electron chi connectivity index (χ0n) is 14.7. The molecule has 8 heteroatoms. The number of amides is 1. The first-order valence-electron chi connectivity index (χ1n) is 8.07. The largest absolute Gasteiger partial charge is 0.497 e. The van der Waals surface area contributed by atoms with E-state index in [0.717, 1.165) is 62.6 Å². The van der Waals surface area contributed by atoms with Gasteiger partial charge in [-0.3, -0.25) is 9.69 Å². The zero-order chi connectivity index (χ0) is 16.4. The molecule has 3 rings (SSSR count). The molecule has 1 saturated heterocycles. The van der Waals surface area contributed by atoms with E-state index < -0.39 is 5.54 Å². The van der Waals surface area contributed by atoms with Gasteiger partial charge in [-0.1, -0.05) is 0 Å². The molecule has 0 radical (unpaired) electrons. The molecular weight excluding hydrogens is 365 g/mol. The standard InChI is InChI=1S/C17H25N3O3.2ClH/c1-22-14-9-13(10-15(11-14)23-2)12-19-5-7-20(8-6-19)16(21)17(18)3-4-17;;/h9-11H,3-8,12,18H2,1-2H3;2*1H. The number of benzene rings is 1. The van der Waals surface area contributed by atoms with Crippen molar-refractivity contribution in [2.75, 3.05) is 40.4 Å². The second-order valence-corrected chi connectivity index (χ2v) is 6.45. The molecule has 0 atom stereocenters. The summed E-state index contributed by atoms with van der Waals surface area (Å²) in [4.78, 5) is 16.5. The fourth-order valence-corrected chi connectivity index (χ4v) is 2.99. The Hall–Kier alpha value is -1.21. The minimum absolute atomic E-state index is 0. The van der Waals surface area contributed by atoms with Crippen molar-refractivity contribution in [1.29, 1.82) is 0 Å². The molecule has 142 valence electrons. The van der Waals surface area contributed by atoms with Crippen LogP contribution in [0.2, 0.25) is 0 Å². The van der Waals surface area contributed by atoms with Gasteiger partial charge < -0.3 is 20.1 Å². The van der Waals surface area contributed by atoms with Crippen molar-refractivity contribution in [3.63, 3.8) is 0 Å². The van der Waals surface area contributed by atoms with Gasteiger partial charge in [0.2, 0.25) is 5.91 Å². The first-order chi connectivity index (χ1) is 11.0. The van der Waals surface area contributed by atoms with Gasteiger partial charge in [0, 0.05) is 38.8 Å². The van der Waals surface area contributed by atoms with Gasteiger partial charge >= 0.3 is 0 Å². The van der Waals surface area contributed by atoms with Crippen molar-refractivity contribution < 1.29 is 14.3 Å². The van der Waals surface area contributed by atoms with Crippen molar-refractivity contribution in [2.24, 2.45) is 5.73 Å². The summed E-state index contributed by atoms with van der Waals surface area (Å²) in [6.07, 6.45) is 1.66. The molecule has 6 nitrogen and oxygen atoms in total. The number of nitrogens with zero attached hydrogens (tertiary/aromatic N) is 2. The molecule has 1 heterocycles. The lowest BCUT2D eigenvalue weighted by Crippen LogP contribution is -2.53. The third-order valence-electron chi connectivity index (χ3n) is 4.69. The molecule has 0 spiro atoms. The van der Waals surface area contributed by atoms with Crippen LogP contribution in [0.1, 0.15) is 18.4 Å². The molecule has 1 aliphatic heterocycles. The van der Waals surface area contributed by atoms with Gasteiger partial charge in [-0.2, -0.15) is 0 Å². The van der Waals surface area contributed by atoms with Crippen LogP contribution in [0.4, 0.5) is 0 Å². The first-order valence-corrected chi connectivity index (χ1v) is 8.07. The number of carbonyl (C=O) groups is 1. The molecule has 25 heavy (non-hydrogen) atoms. The topological polar surface area (TPSA) is 68.0 Å². The van der Waals surface area contributed by atoms with E-state index in [1.54, 1.807) is 14.2 Å². The summed E-state index contributed by atoms with van der Waals surface area (Å²) in [5, 5.41) is 0. The monoisotopic (exact) mass is 391 g/mol. The molecule has 1 aromatic carbocycles. The van der Waals surface area contributed by atoms with E-state index in [4.69, 9.17) is 15.2 Å². The van der Waals surface area contributed by atoms with E-state index in [1.807, 2.05) is 23.1 Å². The number of carbonyl (C=O) groups excluding carboxylic acids is 1. The van der Waals surface area contributed by atoms with E-state index in [-0.39, 0.29) is 30.7 Å². The van der Waals surface area contributed by atoms with Gasteiger partial charge in [0.1, 0.15) is 11.5 Å². The maximum absolute atomic E-state index is 12.3. The molecule has 2 fully saturated rings. The molecule has 1 saturated carbocycles. The van der Waals surface area contributed by atoms with E-state index in [2.05, 4.69) is 4.90 Å². The fourth-order valence-electron chi connectivity index (χ4n) is 2.99. The molecule has 2 N–H and O–H groups in total. The Labute approximate surface area is 161 Å². The number of piperazine rings is 1. The predicted molar refractivity (Wildman–Crippen MR) is 102 cm³/mol. The van der Waals surface area contributed by atoms with Crippen LogP contribution in [0.25, 0.3) is 0 Å². The van der Waals surface area contributed by atoms with Gasteiger partial charge in [0.05, 0.1) is 19.8 Å². The van der Waals surface area contributed by atoms with Crippen molar-refractivity contribution in [1.82, 2.24) is 9.80 Å². The molecule has 2 aliphatic rings. The Kier molecular flexibility index (Phi) is 7.81. The SMILES string of the molecule is COc1cc(CN2CCN(C(=O)C3(N)CC3)CC2)cc(OC)c1.Cl.Cl. The number of halogens is 2. The van der Waals surface area contributed by atoms with Crippen LogP contribution in [0.3, 0.4) is 0 Å². The van der Waals surface area contributed by atoms with Gasteiger partial charge in [0.15, 0.2) is 0 Å². The maximum Gasteiger partial charge on any atom is 0.242 e.